The largest absolute Gasteiger partial charge is 0.363 e. The Labute approximate surface area is 150 Å². The fourth-order valence-electron chi connectivity index (χ4n) is 3.00. The predicted molar refractivity (Wildman–Crippen MR) is 92.7 cm³/mol. The smallest absolute Gasteiger partial charge is 0.311 e. The summed E-state index contributed by atoms with van der Waals surface area (Å²) in [6.45, 7) is 4.62. The Hall–Kier alpha value is -2.53. The van der Waals surface area contributed by atoms with Crippen LogP contribution in [0.1, 0.15) is 11.7 Å². The Kier molecular flexibility index (Phi) is 4.92. The molecule has 0 amide bonds. The number of nitrogens with zero attached hydrogens (tertiary/aromatic N) is 5. The number of aryl methyl sites for hydroxylation is 1. The van der Waals surface area contributed by atoms with Crippen LogP contribution >= 0.6 is 0 Å². The predicted octanol–water partition coefficient (Wildman–Crippen LogP) is 1.01. The Bertz CT molecular complexity index is 918. The Morgan fingerprint density at radius 3 is 2.50 bits per heavy atom. The van der Waals surface area contributed by atoms with E-state index in [2.05, 4.69) is 15.0 Å². The number of para-hydroxylation sites is 1. The van der Waals surface area contributed by atoms with Crippen LogP contribution in [0.25, 0.3) is 0 Å². The van der Waals surface area contributed by atoms with E-state index in [0.29, 0.717) is 50.1 Å². The molecule has 0 bridgehead atoms. The highest BCUT2D eigenvalue weighted by molar-refractivity contribution is 7.90. The molecule has 1 aromatic heterocycles. The van der Waals surface area contributed by atoms with Crippen molar-refractivity contribution >= 4 is 21.2 Å². The monoisotopic (exact) mass is 381 g/mol. The van der Waals surface area contributed by atoms with Gasteiger partial charge in [-0.15, -0.1) is 0 Å². The van der Waals surface area contributed by atoms with Crippen LogP contribution in [-0.2, 0) is 16.4 Å². The molecule has 1 aliphatic rings. The average Bonchev–Trinajstić information content (AvgIpc) is 2.99. The van der Waals surface area contributed by atoms with Gasteiger partial charge in [-0.3, -0.25) is 15.0 Å². The van der Waals surface area contributed by atoms with Gasteiger partial charge < -0.3 is 9.42 Å². The van der Waals surface area contributed by atoms with Crippen LogP contribution < -0.4 is 4.90 Å². The van der Waals surface area contributed by atoms with Gasteiger partial charge in [-0.25, -0.2) is 8.42 Å². The first-order chi connectivity index (χ1) is 12.3. The van der Waals surface area contributed by atoms with Crippen LogP contribution in [0.5, 0.6) is 0 Å². The van der Waals surface area contributed by atoms with Crippen molar-refractivity contribution in [3.05, 3.63) is 40.0 Å². The molecule has 3 rings (SSSR count). The number of rotatable bonds is 5. The molecule has 0 spiro atoms. The number of hydrogen-bond acceptors (Lipinski definition) is 9. The second kappa shape index (κ2) is 7.00. The minimum atomic E-state index is -3.69. The summed E-state index contributed by atoms with van der Waals surface area (Å²) in [5.74, 6) is 1.10. The van der Waals surface area contributed by atoms with Crippen LogP contribution in [0, 0.1) is 17.0 Å². The summed E-state index contributed by atoms with van der Waals surface area (Å²) in [5, 5.41) is 15.4. The van der Waals surface area contributed by atoms with E-state index in [9.17, 15) is 18.5 Å². The van der Waals surface area contributed by atoms with E-state index < -0.39 is 14.8 Å². The molecule has 1 fully saturated rings. The first-order valence-electron chi connectivity index (χ1n) is 7.99. The molecule has 2 heterocycles. The molecule has 11 heteroatoms. The Morgan fingerprint density at radius 2 is 1.96 bits per heavy atom. The molecule has 2 aromatic rings. The van der Waals surface area contributed by atoms with Crippen molar-refractivity contribution in [2.45, 2.75) is 18.4 Å². The number of aromatic nitrogens is 2. The van der Waals surface area contributed by atoms with Crippen LogP contribution in [0.2, 0.25) is 0 Å². The van der Waals surface area contributed by atoms with E-state index in [0.717, 1.165) is 6.26 Å². The number of hydrogen-bond donors (Lipinski definition) is 0. The maximum atomic E-state index is 11.9. The van der Waals surface area contributed by atoms with Gasteiger partial charge in [0.2, 0.25) is 5.89 Å². The van der Waals surface area contributed by atoms with E-state index in [1.807, 2.05) is 4.90 Å². The van der Waals surface area contributed by atoms with Crippen molar-refractivity contribution < 1.29 is 17.9 Å². The van der Waals surface area contributed by atoms with E-state index in [1.165, 1.54) is 12.1 Å². The van der Waals surface area contributed by atoms with Crippen molar-refractivity contribution in [2.24, 2.45) is 0 Å². The highest BCUT2D eigenvalue weighted by Gasteiger charge is 2.30. The second-order valence-corrected chi connectivity index (χ2v) is 8.13. The van der Waals surface area contributed by atoms with Gasteiger partial charge in [0.1, 0.15) is 10.6 Å². The van der Waals surface area contributed by atoms with E-state index in [1.54, 1.807) is 13.0 Å². The summed E-state index contributed by atoms with van der Waals surface area (Å²) in [5.41, 5.74) is -0.0368. The number of anilines is 1. The molecule has 1 saturated heterocycles. The number of benzene rings is 1. The Balaban J connectivity index is 1.78. The van der Waals surface area contributed by atoms with Crippen LogP contribution in [0.3, 0.4) is 0 Å². The molecule has 1 aromatic carbocycles. The summed E-state index contributed by atoms with van der Waals surface area (Å²) >= 11 is 0. The van der Waals surface area contributed by atoms with Gasteiger partial charge in [0, 0.05) is 39.4 Å². The number of nitro groups is 1. The van der Waals surface area contributed by atoms with E-state index >= 15 is 0 Å². The summed E-state index contributed by atoms with van der Waals surface area (Å²) in [6.07, 6.45) is 0.976. The molecule has 0 saturated carbocycles. The van der Waals surface area contributed by atoms with Gasteiger partial charge in [-0.05, 0) is 12.1 Å². The van der Waals surface area contributed by atoms with Crippen molar-refractivity contribution in [1.82, 2.24) is 15.0 Å². The maximum absolute atomic E-state index is 11.9. The van der Waals surface area contributed by atoms with Crippen LogP contribution in [0.15, 0.2) is 27.6 Å². The summed E-state index contributed by atoms with van der Waals surface area (Å²) in [6, 6.07) is 4.39. The fourth-order valence-corrected chi connectivity index (χ4v) is 3.86. The highest BCUT2D eigenvalue weighted by atomic mass is 32.2. The van der Waals surface area contributed by atoms with Crippen molar-refractivity contribution in [1.29, 1.82) is 0 Å². The van der Waals surface area contributed by atoms with Gasteiger partial charge in [0.15, 0.2) is 15.7 Å². The minimum Gasteiger partial charge on any atom is -0.363 e. The van der Waals surface area contributed by atoms with Gasteiger partial charge in [0.25, 0.3) is 0 Å². The number of nitro benzene ring substituents is 1. The first kappa shape index (κ1) is 18.3. The molecule has 0 N–H and O–H groups in total. The SMILES string of the molecule is Cc1nc(CN2CCN(c3cccc(S(C)(=O)=O)c3[N+](=O)[O-])CC2)no1. The molecule has 0 unspecified atom stereocenters. The molecule has 0 atom stereocenters. The topological polar surface area (TPSA) is 123 Å². The highest BCUT2D eigenvalue weighted by Crippen LogP contribution is 2.35. The Morgan fingerprint density at radius 1 is 1.27 bits per heavy atom. The lowest BCUT2D eigenvalue weighted by atomic mass is 10.2. The quantitative estimate of drug-likeness (QED) is 0.551. The molecular formula is C15H19N5O5S. The van der Waals surface area contributed by atoms with Crippen LogP contribution in [-0.4, -0.2) is 60.8 Å². The van der Waals surface area contributed by atoms with E-state index in [4.69, 9.17) is 4.52 Å². The maximum Gasteiger partial charge on any atom is 0.311 e. The zero-order chi connectivity index (χ0) is 18.9. The summed E-state index contributed by atoms with van der Waals surface area (Å²) < 4.78 is 28.7. The van der Waals surface area contributed by atoms with Gasteiger partial charge >= 0.3 is 5.69 Å². The molecule has 1 aliphatic heterocycles. The first-order valence-corrected chi connectivity index (χ1v) is 9.89. The molecule has 140 valence electrons. The summed E-state index contributed by atoms with van der Waals surface area (Å²) in [4.78, 5) is 18.8. The number of piperazine rings is 1. The third-order valence-electron chi connectivity index (χ3n) is 4.21. The van der Waals surface area contributed by atoms with Gasteiger partial charge in [0.05, 0.1) is 11.5 Å². The van der Waals surface area contributed by atoms with Gasteiger partial charge in [-0.1, -0.05) is 11.2 Å². The standard InChI is InChI=1S/C15H19N5O5S/c1-11-16-14(17-25-11)10-18-6-8-19(9-7-18)12-4-3-5-13(26(2,23)24)15(12)20(21)22/h3-5H,6-10H2,1-2H3. The lowest BCUT2D eigenvalue weighted by Crippen LogP contribution is -2.46. The molecular weight excluding hydrogens is 362 g/mol. The van der Waals surface area contributed by atoms with Gasteiger partial charge in [-0.2, -0.15) is 4.98 Å². The third-order valence-corrected chi connectivity index (χ3v) is 5.34. The molecule has 0 aliphatic carbocycles. The zero-order valence-electron chi connectivity index (χ0n) is 14.5. The molecule has 26 heavy (non-hydrogen) atoms. The lowest BCUT2D eigenvalue weighted by Gasteiger charge is -2.35. The molecule has 10 nitrogen and oxygen atoms in total. The minimum absolute atomic E-state index is 0.260. The zero-order valence-corrected chi connectivity index (χ0v) is 15.3. The van der Waals surface area contributed by atoms with Crippen molar-refractivity contribution in [3.63, 3.8) is 0 Å². The van der Waals surface area contributed by atoms with Crippen molar-refractivity contribution in [2.75, 3.05) is 37.3 Å². The second-order valence-electron chi connectivity index (χ2n) is 6.15. The third kappa shape index (κ3) is 3.83. The molecule has 0 radical (unpaired) electrons. The lowest BCUT2D eigenvalue weighted by molar-refractivity contribution is -0.387. The fraction of sp³-hybridized carbons (Fsp3) is 0.467. The van der Waals surface area contributed by atoms with Crippen LogP contribution in [0.4, 0.5) is 11.4 Å². The van der Waals surface area contributed by atoms with E-state index in [-0.39, 0.29) is 10.6 Å². The average molecular weight is 381 g/mol. The van der Waals surface area contributed by atoms with Crippen molar-refractivity contribution in [3.8, 4) is 0 Å². The number of sulfone groups is 1. The summed E-state index contributed by atoms with van der Waals surface area (Å²) in [7, 11) is -3.69. The normalized spacial score (nSPS) is 16.0.